The number of rotatable bonds is 7. The van der Waals surface area contributed by atoms with Crippen molar-refractivity contribution in [2.24, 2.45) is 0 Å². The van der Waals surface area contributed by atoms with Gasteiger partial charge in [-0.1, -0.05) is 6.07 Å². The molecule has 0 radical (unpaired) electrons. The minimum Gasteiger partial charge on any atom is -0.324 e. The average molecular weight is 353 g/mol. The predicted octanol–water partition coefficient (Wildman–Crippen LogP) is 0.390. The number of carbonyl (C=O) groups excluding carboxylic acids is 1. The highest BCUT2D eigenvalue weighted by Gasteiger charge is 2.27. The molecule has 0 atom stereocenters. The molecule has 0 saturated heterocycles. The van der Waals surface area contributed by atoms with Crippen molar-refractivity contribution >= 4 is 23.2 Å². The Labute approximate surface area is 146 Å². The van der Waals surface area contributed by atoms with Crippen LogP contribution < -0.4 is 15.8 Å². The molecule has 1 amide bonds. The lowest BCUT2D eigenvalue weighted by Crippen LogP contribution is -2.32. The van der Waals surface area contributed by atoms with Crippen molar-refractivity contribution in [3.05, 3.63) is 46.5 Å². The van der Waals surface area contributed by atoms with Crippen LogP contribution in [0.25, 0.3) is 0 Å². The number of nitrogens with one attached hydrogen (secondary N) is 2. The van der Waals surface area contributed by atoms with Crippen molar-refractivity contribution in [2.75, 3.05) is 23.4 Å². The van der Waals surface area contributed by atoms with E-state index in [9.17, 15) is 14.9 Å². The van der Waals surface area contributed by atoms with Gasteiger partial charge < -0.3 is 4.90 Å². The van der Waals surface area contributed by atoms with Crippen molar-refractivity contribution in [3.63, 3.8) is 0 Å². The van der Waals surface area contributed by atoms with Crippen LogP contribution in [0.15, 0.2) is 30.7 Å². The number of hydrogen-bond acceptors (Lipinski definition) is 10. The van der Waals surface area contributed by atoms with Gasteiger partial charge >= 0.3 is 5.69 Å². The molecule has 0 saturated carbocycles. The zero-order valence-corrected chi connectivity index (χ0v) is 13.2. The van der Waals surface area contributed by atoms with Crippen molar-refractivity contribution in [1.82, 2.24) is 20.4 Å². The third-order valence-corrected chi connectivity index (χ3v) is 3.00. The van der Waals surface area contributed by atoms with Gasteiger partial charge in [-0.2, -0.15) is 10.5 Å². The van der Waals surface area contributed by atoms with Crippen LogP contribution in [-0.4, -0.2) is 38.9 Å². The second-order valence-electron chi connectivity index (χ2n) is 4.62. The van der Waals surface area contributed by atoms with E-state index in [0.29, 0.717) is 0 Å². The summed E-state index contributed by atoms with van der Waals surface area (Å²) >= 11 is 0. The monoisotopic (exact) mass is 353 g/mol. The number of anilines is 2. The van der Waals surface area contributed by atoms with Gasteiger partial charge in [0.1, 0.15) is 25.1 Å². The quantitative estimate of drug-likeness (QED) is 0.402. The molecule has 0 aliphatic carbocycles. The zero-order chi connectivity index (χ0) is 18.9. The smallest absolute Gasteiger partial charge is 0.324 e. The number of hydrazine groups is 1. The Kier molecular flexibility index (Phi) is 5.90. The highest BCUT2D eigenvalue weighted by atomic mass is 16.6. The molecule has 130 valence electrons. The summed E-state index contributed by atoms with van der Waals surface area (Å²) in [5.74, 6) is -1.15. The molecule has 0 fully saturated rings. The molecule has 2 heterocycles. The van der Waals surface area contributed by atoms with E-state index in [2.05, 4.69) is 25.8 Å². The Bertz CT molecular complexity index is 873. The van der Waals surface area contributed by atoms with E-state index in [1.165, 1.54) is 12.3 Å². The molecule has 0 unspecified atom stereocenters. The molecule has 12 heteroatoms. The fourth-order valence-corrected chi connectivity index (χ4v) is 1.91. The van der Waals surface area contributed by atoms with E-state index in [-0.39, 0.29) is 30.4 Å². The molecule has 26 heavy (non-hydrogen) atoms. The Morgan fingerprint density at radius 2 is 1.96 bits per heavy atom. The van der Waals surface area contributed by atoms with Crippen molar-refractivity contribution < 1.29 is 9.72 Å². The lowest BCUT2D eigenvalue weighted by Gasteiger charge is -2.17. The first-order chi connectivity index (χ1) is 12.6. The third kappa shape index (κ3) is 4.15. The topological polar surface area (TPSA) is 174 Å². The molecule has 2 aromatic rings. The maximum absolute atomic E-state index is 12.0. The van der Waals surface area contributed by atoms with E-state index in [4.69, 9.17) is 10.5 Å². The Balaban J connectivity index is 2.30. The number of hydrogen-bond donors (Lipinski definition) is 2. The van der Waals surface area contributed by atoms with Crippen LogP contribution in [0.5, 0.6) is 0 Å². The summed E-state index contributed by atoms with van der Waals surface area (Å²) in [6.07, 6.45) is 2.43. The van der Waals surface area contributed by atoms with Gasteiger partial charge in [-0.3, -0.25) is 30.7 Å². The van der Waals surface area contributed by atoms with E-state index >= 15 is 0 Å². The van der Waals surface area contributed by atoms with Crippen LogP contribution in [0.3, 0.4) is 0 Å². The summed E-state index contributed by atoms with van der Waals surface area (Å²) in [5.41, 5.74) is 4.10. The van der Waals surface area contributed by atoms with Crippen LogP contribution in [0.4, 0.5) is 17.3 Å². The lowest BCUT2D eigenvalue weighted by molar-refractivity contribution is -0.383. The van der Waals surface area contributed by atoms with Gasteiger partial charge in [0.25, 0.3) is 5.91 Å². The lowest BCUT2D eigenvalue weighted by atomic mass is 10.3. The SMILES string of the molecule is N#CCN(CC#N)c1ncnc(NNC(=O)c2ccccn2)c1[N+](=O)[O-]. The van der Waals surface area contributed by atoms with Gasteiger partial charge in [0, 0.05) is 6.20 Å². The van der Waals surface area contributed by atoms with Gasteiger partial charge in [-0.15, -0.1) is 0 Å². The number of nitriles is 2. The second-order valence-corrected chi connectivity index (χ2v) is 4.62. The average Bonchev–Trinajstić information content (AvgIpc) is 2.66. The fourth-order valence-electron chi connectivity index (χ4n) is 1.91. The number of carbonyl (C=O) groups is 1. The van der Waals surface area contributed by atoms with Crippen LogP contribution >= 0.6 is 0 Å². The van der Waals surface area contributed by atoms with Gasteiger partial charge in [0.2, 0.25) is 11.6 Å². The van der Waals surface area contributed by atoms with Gasteiger partial charge in [0.15, 0.2) is 0 Å². The first kappa shape index (κ1) is 18.0. The molecule has 2 aromatic heterocycles. The molecule has 0 aromatic carbocycles. The number of aromatic nitrogens is 3. The first-order valence-electron chi connectivity index (χ1n) is 7.04. The summed E-state index contributed by atoms with van der Waals surface area (Å²) in [4.78, 5) is 35.1. The molecule has 0 aliphatic rings. The van der Waals surface area contributed by atoms with E-state index in [1.54, 1.807) is 24.3 Å². The number of pyridine rings is 1. The maximum atomic E-state index is 12.0. The fraction of sp³-hybridized carbons (Fsp3) is 0.143. The Hall–Kier alpha value is -4.32. The standard InChI is InChI=1S/C14H11N9O3/c15-4-7-22(8-5-16)13-11(23(25)26)12(18-9-19-13)20-21-14(24)10-3-1-2-6-17-10/h1-3,6,9H,7-8H2,(H,21,24)(H,18,19,20). The normalized spacial score (nSPS) is 9.46. The van der Waals surface area contributed by atoms with Crippen molar-refractivity contribution in [3.8, 4) is 12.1 Å². The Morgan fingerprint density at radius 1 is 1.23 bits per heavy atom. The van der Waals surface area contributed by atoms with E-state index in [0.717, 1.165) is 11.2 Å². The summed E-state index contributed by atoms with van der Waals surface area (Å²) in [6.45, 7) is -0.573. The van der Waals surface area contributed by atoms with Crippen LogP contribution in [0, 0.1) is 32.8 Å². The highest BCUT2D eigenvalue weighted by molar-refractivity contribution is 5.93. The summed E-state index contributed by atoms with van der Waals surface area (Å²) in [6, 6.07) is 8.30. The van der Waals surface area contributed by atoms with E-state index < -0.39 is 16.5 Å². The number of nitro groups is 1. The Morgan fingerprint density at radius 3 is 2.54 bits per heavy atom. The molecular formula is C14H11N9O3. The van der Waals surface area contributed by atoms with Gasteiger partial charge in [-0.25, -0.2) is 9.97 Å². The van der Waals surface area contributed by atoms with Crippen molar-refractivity contribution in [1.29, 1.82) is 10.5 Å². The second kappa shape index (κ2) is 8.51. The minimum absolute atomic E-state index is 0.0903. The number of nitrogens with zero attached hydrogens (tertiary/aromatic N) is 7. The van der Waals surface area contributed by atoms with Gasteiger partial charge in [-0.05, 0) is 12.1 Å². The van der Waals surface area contributed by atoms with Crippen LogP contribution in [-0.2, 0) is 0 Å². The molecule has 0 bridgehead atoms. The predicted molar refractivity (Wildman–Crippen MR) is 87.5 cm³/mol. The zero-order valence-electron chi connectivity index (χ0n) is 13.2. The first-order valence-corrected chi connectivity index (χ1v) is 7.04. The minimum atomic E-state index is -0.771. The molecular weight excluding hydrogens is 342 g/mol. The highest BCUT2D eigenvalue weighted by Crippen LogP contribution is 2.31. The van der Waals surface area contributed by atoms with Crippen molar-refractivity contribution in [2.45, 2.75) is 0 Å². The van der Waals surface area contributed by atoms with Crippen LogP contribution in [0.1, 0.15) is 10.5 Å². The molecule has 0 aliphatic heterocycles. The third-order valence-electron chi connectivity index (χ3n) is 3.00. The molecule has 2 rings (SSSR count). The summed E-state index contributed by atoms with van der Waals surface area (Å²) in [5, 5.41) is 29.1. The maximum Gasteiger partial charge on any atom is 0.355 e. The van der Waals surface area contributed by atoms with Crippen LogP contribution in [0.2, 0.25) is 0 Å². The summed E-state index contributed by atoms with van der Waals surface area (Å²) < 4.78 is 0. The molecule has 0 spiro atoms. The summed E-state index contributed by atoms with van der Waals surface area (Å²) in [7, 11) is 0. The van der Waals surface area contributed by atoms with Gasteiger partial charge in [0.05, 0.1) is 17.1 Å². The largest absolute Gasteiger partial charge is 0.355 e. The molecule has 12 nitrogen and oxygen atoms in total. The van der Waals surface area contributed by atoms with E-state index in [1.807, 2.05) is 0 Å². The number of amides is 1. The molecule has 2 N–H and O–H groups in total.